The second kappa shape index (κ2) is 7.93. The smallest absolute Gasteiger partial charge is 0.128 e. The van der Waals surface area contributed by atoms with Crippen molar-refractivity contribution in [3.8, 4) is 11.5 Å². The van der Waals surface area contributed by atoms with Gasteiger partial charge >= 0.3 is 0 Å². The maximum atomic E-state index is 11.9. The first-order chi connectivity index (χ1) is 8.69. The zero-order valence-corrected chi connectivity index (χ0v) is 11.0. The summed E-state index contributed by atoms with van der Waals surface area (Å²) < 4.78 is 22.7. The molecule has 0 aliphatic carbocycles. The molecule has 0 fully saturated rings. The molecule has 1 atom stereocenters. The molecular weight excluding hydrogens is 235 g/mol. The van der Waals surface area contributed by atoms with Crippen LogP contribution >= 0.6 is 0 Å². The van der Waals surface area contributed by atoms with Crippen molar-refractivity contribution in [2.45, 2.75) is 32.3 Å². The Morgan fingerprint density at radius 2 is 2.06 bits per heavy atom. The third-order valence-electron chi connectivity index (χ3n) is 2.71. The van der Waals surface area contributed by atoms with Crippen LogP contribution in [0.3, 0.4) is 0 Å². The van der Waals surface area contributed by atoms with Gasteiger partial charge in [-0.1, -0.05) is 0 Å². The van der Waals surface area contributed by atoms with Crippen LogP contribution in [-0.2, 0) is 0 Å². The molecule has 0 saturated heterocycles. The quantitative estimate of drug-likeness (QED) is 0.725. The van der Waals surface area contributed by atoms with E-state index < -0.39 is 6.10 Å². The van der Waals surface area contributed by atoms with Gasteiger partial charge in [-0.3, -0.25) is 4.39 Å². The minimum absolute atomic E-state index is 0.280. The monoisotopic (exact) mass is 256 g/mol. The average Bonchev–Trinajstić information content (AvgIpc) is 2.38. The summed E-state index contributed by atoms with van der Waals surface area (Å²) in [6.45, 7) is 1.93. The molecule has 1 aromatic carbocycles. The number of aliphatic hydroxyl groups excluding tert-OH is 1. The molecule has 0 aliphatic heterocycles. The maximum Gasteiger partial charge on any atom is 0.128 e. The Bertz CT molecular complexity index is 353. The zero-order valence-electron chi connectivity index (χ0n) is 11.0. The summed E-state index contributed by atoms with van der Waals surface area (Å²) in [5.74, 6) is 1.32. The first kappa shape index (κ1) is 14.8. The molecule has 18 heavy (non-hydrogen) atoms. The number of halogens is 1. The highest BCUT2D eigenvalue weighted by atomic mass is 19.1. The van der Waals surface area contributed by atoms with Gasteiger partial charge < -0.3 is 14.6 Å². The van der Waals surface area contributed by atoms with Crippen molar-refractivity contribution in [2.75, 3.05) is 20.4 Å². The summed E-state index contributed by atoms with van der Waals surface area (Å²) in [6.07, 6.45) is 1.60. The number of alkyl halides is 1. The lowest BCUT2D eigenvalue weighted by Gasteiger charge is -2.14. The second-order valence-corrected chi connectivity index (χ2v) is 4.18. The molecule has 1 unspecified atom stereocenters. The first-order valence-electron chi connectivity index (χ1n) is 6.23. The zero-order chi connectivity index (χ0) is 13.4. The predicted octanol–water partition coefficient (Wildman–Crippen LogP) is 3.27. The topological polar surface area (TPSA) is 38.7 Å². The third-order valence-corrected chi connectivity index (χ3v) is 2.71. The fraction of sp³-hybridized carbons (Fsp3) is 0.571. The molecule has 4 heteroatoms. The van der Waals surface area contributed by atoms with E-state index in [1.807, 2.05) is 0 Å². The normalized spacial score (nSPS) is 12.2. The van der Waals surface area contributed by atoms with Crippen LogP contribution in [0.15, 0.2) is 18.2 Å². The highest BCUT2D eigenvalue weighted by Gasteiger charge is 2.10. The van der Waals surface area contributed by atoms with Crippen LogP contribution in [0, 0.1) is 0 Å². The largest absolute Gasteiger partial charge is 0.497 e. The molecule has 0 spiro atoms. The highest BCUT2D eigenvalue weighted by Crippen LogP contribution is 2.29. The molecule has 1 rings (SSSR count). The van der Waals surface area contributed by atoms with Gasteiger partial charge in [-0.25, -0.2) is 0 Å². The van der Waals surface area contributed by atoms with Crippen LogP contribution in [0.1, 0.15) is 37.9 Å². The number of rotatable bonds is 8. The number of aliphatic hydroxyl groups is 1. The van der Waals surface area contributed by atoms with E-state index in [0.29, 0.717) is 24.5 Å². The summed E-state index contributed by atoms with van der Waals surface area (Å²) in [5, 5.41) is 9.64. The molecule has 102 valence electrons. The lowest BCUT2D eigenvalue weighted by molar-refractivity contribution is 0.190. The van der Waals surface area contributed by atoms with Gasteiger partial charge in [0.15, 0.2) is 0 Å². The minimum atomic E-state index is -0.586. The number of hydrogen-bond donors (Lipinski definition) is 1. The van der Waals surface area contributed by atoms with E-state index in [0.717, 1.165) is 18.4 Å². The van der Waals surface area contributed by atoms with Crippen molar-refractivity contribution in [2.24, 2.45) is 0 Å². The highest BCUT2D eigenvalue weighted by molar-refractivity contribution is 5.41. The summed E-state index contributed by atoms with van der Waals surface area (Å²) >= 11 is 0. The Morgan fingerprint density at radius 1 is 1.28 bits per heavy atom. The van der Waals surface area contributed by atoms with E-state index >= 15 is 0 Å². The van der Waals surface area contributed by atoms with Gasteiger partial charge in [-0.15, -0.1) is 0 Å². The van der Waals surface area contributed by atoms with E-state index in [-0.39, 0.29) is 6.67 Å². The lowest BCUT2D eigenvalue weighted by atomic mass is 10.1. The van der Waals surface area contributed by atoms with Crippen LogP contribution in [0.25, 0.3) is 0 Å². The van der Waals surface area contributed by atoms with E-state index in [2.05, 4.69) is 0 Å². The van der Waals surface area contributed by atoms with Gasteiger partial charge in [0.1, 0.15) is 11.5 Å². The van der Waals surface area contributed by atoms with Gasteiger partial charge in [-0.05, 0) is 38.3 Å². The van der Waals surface area contributed by atoms with E-state index in [1.165, 1.54) is 0 Å². The molecule has 0 aromatic heterocycles. The van der Waals surface area contributed by atoms with Gasteiger partial charge in [0, 0.05) is 11.6 Å². The molecular formula is C14H21FO3. The fourth-order valence-electron chi connectivity index (χ4n) is 1.67. The van der Waals surface area contributed by atoms with Gasteiger partial charge in [0.25, 0.3) is 0 Å². The number of hydrogen-bond acceptors (Lipinski definition) is 3. The van der Waals surface area contributed by atoms with Crippen LogP contribution in [0.4, 0.5) is 4.39 Å². The van der Waals surface area contributed by atoms with Crippen molar-refractivity contribution < 1.29 is 19.0 Å². The maximum absolute atomic E-state index is 11.9. The molecule has 0 aliphatic rings. The number of benzene rings is 1. The molecule has 0 bridgehead atoms. The van der Waals surface area contributed by atoms with Crippen molar-refractivity contribution in [1.29, 1.82) is 0 Å². The van der Waals surface area contributed by atoms with E-state index in [9.17, 15) is 9.50 Å². The standard InChI is InChI=1S/C14H21FO3/c1-11(16)13-7-6-12(17-2)10-14(13)18-9-5-3-4-8-15/h6-7,10-11,16H,3-5,8-9H2,1-2H3. The first-order valence-corrected chi connectivity index (χ1v) is 6.23. The van der Waals surface area contributed by atoms with Crippen molar-refractivity contribution in [3.63, 3.8) is 0 Å². The lowest BCUT2D eigenvalue weighted by Crippen LogP contribution is -2.03. The van der Waals surface area contributed by atoms with Crippen LogP contribution < -0.4 is 9.47 Å². The molecule has 0 saturated carbocycles. The molecule has 1 aromatic rings. The fourth-order valence-corrected chi connectivity index (χ4v) is 1.67. The number of methoxy groups -OCH3 is 1. The van der Waals surface area contributed by atoms with Crippen LogP contribution in [0.5, 0.6) is 11.5 Å². The molecule has 0 radical (unpaired) electrons. The van der Waals surface area contributed by atoms with E-state index in [1.54, 1.807) is 32.2 Å². The van der Waals surface area contributed by atoms with Crippen LogP contribution in [-0.4, -0.2) is 25.5 Å². The summed E-state index contributed by atoms with van der Waals surface area (Å²) in [6, 6.07) is 5.34. The van der Waals surface area contributed by atoms with Gasteiger partial charge in [0.2, 0.25) is 0 Å². The number of ether oxygens (including phenoxy) is 2. The SMILES string of the molecule is COc1ccc(C(C)O)c(OCCCCCF)c1. The number of unbranched alkanes of at least 4 members (excludes halogenated alkanes) is 2. The Morgan fingerprint density at radius 3 is 2.67 bits per heavy atom. The van der Waals surface area contributed by atoms with Crippen molar-refractivity contribution in [3.05, 3.63) is 23.8 Å². The summed E-state index contributed by atoms with van der Waals surface area (Å²) in [4.78, 5) is 0. The second-order valence-electron chi connectivity index (χ2n) is 4.18. The molecule has 3 nitrogen and oxygen atoms in total. The molecule has 0 amide bonds. The molecule has 1 N–H and O–H groups in total. The third kappa shape index (κ3) is 4.53. The van der Waals surface area contributed by atoms with E-state index in [4.69, 9.17) is 9.47 Å². The summed E-state index contributed by atoms with van der Waals surface area (Å²) in [5.41, 5.74) is 0.737. The average molecular weight is 256 g/mol. The Balaban J connectivity index is 2.60. The Hall–Kier alpha value is -1.29. The van der Waals surface area contributed by atoms with Gasteiger partial charge in [-0.2, -0.15) is 0 Å². The van der Waals surface area contributed by atoms with Crippen LogP contribution in [0.2, 0.25) is 0 Å². The van der Waals surface area contributed by atoms with Crippen molar-refractivity contribution >= 4 is 0 Å². The molecule has 0 heterocycles. The Labute approximate surface area is 108 Å². The van der Waals surface area contributed by atoms with Crippen molar-refractivity contribution in [1.82, 2.24) is 0 Å². The van der Waals surface area contributed by atoms with Gasteiger partial charge in [0.05, 0.1) is 26.5 Å². The predicted molar refractivity (Wildman–Crippen MR) is 68.9 cm³/mol. The Kier molecular flexibility index (Phi) is 6.50. The minimum Gasteiger partial charge on any atom is -0.497 e. The summed E-state index contributed by atoms with van der Waals surface area (Å²) in [7, 11) is 1.59.